The van der Waals surface area contributed by atoms with Crippen LogP contribution < -0.4 is 11.1 Å². The molecule has 6 heteroatoms. The van der Waals surface area contributed by atoms with Gasteiger partial charge in [0.25, 0.3) is 0 Å². The molecule has 0 bridgehead atoms. The molecule has 0 saturated heterocycles. The maximum Gasteiger partial charge on any atom is 0.237 e. The summed E-state index contributed by atoms with van der Waals surface area (Å²) in [5.41, 5.74) is 5.93. The van der Waals surface area contributed by atoms with E-state index in [1.54, 1.807) is 0 Å². The summed E-state index contributed by atoms with van der Waals surface area (Å²) < 4.78 is 2.16. The van der Waals surface area contributed by atoms with Crippen LogP contribution in [0.5, 0.6) is 0 Å². The van der Waals surface area contributed by atoms with Crippen LogP contribution in [0.15, 0.2) is 0 Å². The summed E-state index contributed by atoms with van der Waals surface area (Å²) in [4.78, 5) is 12.1. The van der Waals surface area contributed by atoms with E-state index >= 15 is 0 Å². The van der Waals surface area contributed by atoms with Crippen LogP contribution in [0.1, 0.15) is 64.1 Å². The Labute approximate surface area is 126 Å². The minimum absolute atomic E-state index is 0.109. The number of nitrogens with two attached hydrogens (primary N) is 1. The fourth-order valence-corrected chi connectivity index (χ4v) is 2.83. The first-order valence-electron chi connectivity index (χ1n) is 7.97. The fourth-order valence-electron chi connectivity index (χ4n) is 2.83. The van der Waals surface area contributed by atoms with Gasteiger partial charge in [0.15, 0.2) is 5.82 Å². The molecule has 0 fully saturated rings. The van der Waals surface area contributed by atoms with Crippen molar-refractivity contribution in [3.05, 3.63) is 11.6 Å². The van der Waals surface area contributed by atoms with Crippen LogP contribution in [0.4, 0.5) is 0 Å². The van der Waals surface area contributed by atoms with Gasteiger partial charge < -0.3 is 15.6 Å². The number of carbonyl (C=O) groups is 1. The van der Waals surface area contributed by atoms with E-state index in [0.29, 0.717) is 12.3 Å². The lowest BCUT2D eigenvalue weighted by Crippen LogP contribution is -2.42. The quantitative estimate of drug-likeness (QED) is 0.862. The molecule has 0 aromatic carbocycles. The summed E-state index contributed by atoms with van der Waals surface area (Å²) >= 11 is 0. The molecule has 0 saturated carbocycles. The molecule has 2 atom stereocenters. The molecule has 2 heterocycles. The third kappa shape index (κ3) is 4.03. The van der Waals surface area contributed by atoms with E-state index in [1.165, 1.54) is 6.42 Å². The van der Waals surface area contributed by atoms with Gasteiger partial charge in [-0.1, -0.05) is 20.3 Å². The Morgan fingerprint density at radius 2 is 2.05 bits per heavy atom. The number of nitrogens with zero attached hydrogens (tertiary/aromatic N) is 3. The minimum Gasteiger partial charge on any atom is -0.345 e. The number of aromatic nitrogens is 3. The zero-order valence-electron chi connectivity index (χ0n) is 13.3. The molecule has 6 nitrogen and oxygen atoms in total. The van der Waals surface area contributed by atoms with Gasteiger partial charge in [-0.15, -0.1) is 10.2 Å². The lowest BCUT2D eigenvalue weighted by molar-refractivity contribution is -0.123. The van der Waals surface area contributed by atoms with Crippen molar-refractivity contribution in [3.8, 4) is 0 Å². The second-order valence-corrected chi connectivity index (χ2v) is 6.40. The highest BCUT2D eigenvalue weighted by Gasteiger charge is 2.23. The first-order chi connectivity index (χ1) is 9.99. The van der Waals surface area contributed by atoms with Gasteiger partial charge in [-0.25, -0.2) is 0 Å². The van der Waals surface area contributed by atoms with Crippen LogP contribution in [0.3, 0.4) is 0 Å². The van der Waals surface area contributed by atoms with Crippen LogP contribution in [0.25, 0.3) is 0 Å². The van der Waals surface area contributed by atoms with E-state index in [1.807, 2.05) is 6.92 Å². The molecule has 0 radical (unpaired) electrons. The van der Waals surface area contributed by atoms with Crippen molar-refractivity contribution in [1.29, 1.82) is 0 Å². The Balaban J connectivity index is 2.02. The van der Waals surface area contributed by atoms with Gasteiger partial charge in [-0.2, -0.15) is 0 Å². The molecule has 0 spiro atoms. The summed E-state index contributed by atoms with van der Waals surface area (Å²) in [5, 5.41) is 11.5. The van der Waals surface area contributed by atoms with Crippen molar-refractivity contribution >= 4 is 5.91 Å². The Bertz CT molecular complexity index is 482. The third-order valence-electron chi connectivity index (χ3n) is 3.95. The predicted octanol–water partition coefficient (Wildman–Crippen LogP) is 1.56. The van der Waals surface area contributed by atoms with Gasteiger partial charge in [0.2, 0.25) is 5.91 Å². The van der Waals surface area contributed by atoms with Gasteiger partial charge in [-0.05, 0) is 32.1 Å². The molecule has 1 amide bonds. The first-order valence-corrected chi connectivity index (χ1v) is 7.97. The highest BCUT2D eigenvalue weighted by molar-refractivity contribution is 5.81. The van der Waals surface area contributed by atoms with E-state index in [2.05, 4.69) is 33.9 Å². The molecular weight excluding hydrogens is 266 g/mol. The number of hydrogen-bond acceptors (Lipinski definition) is 4. The van der Waals surface area contributed by atoms with E-state index in [4.69, 9.17) is 5.73 Å². The molecule has 1 aromatic rings. The van der Waals surface area contributed by atoms with Crippen molar-refractivity contribution in [1.82, 2.24) is 20.1 Å². The van der Waals surface area contributed by atoms with Gasteiger partial charge in [0, 0.05) is 13.0 Å². The minimum atomic E-state index is -0.459. The average Bonchev–Trinajstić information content (AvgIpc) is 2.67. The summed E-state index contributed by atoms with van der Waals surface area (Å²) in [7, 11) is 0. The van der Waals surface area contributed by atoms with Crippen LogP contribution in [0, 0.1) is 5.92 Å². The van der Waals surface area contributed by atoms with E-state index in [-0.39, 0.29) is 11.9 Å². The van der Waals surface area contributed by atoms with Crippen LogP contribution in [0.2, 0.25) is 0 Å². The summed E-state index contributed by atoms with van der Waals surface area (Å²) in [6.45, 7) is 7.02. The maximum atomic E-state index is 12.1. The third-order valence-corrected chi connectivity index (χ3v) is 3.95. The number of carbonyl (C=O) groups excluding carboxylic acids is 1. The zero-order chi connectivity index (χ0) is 15.4. The number of amides is 1. The molecule has 2 rings (SSSR count). The van der Waals surface area contributed by atoms with Crippen molar-refractivity contribution in [2.75, 3.05) is 0 Å². The van der Waals surface area contributed by atoms with Crippen LogP contribution in [-0.2, 0) is 17.8 Å². The molecule has 1 aliphatic heterocycles. The zero-order valence-corrected chi connectivity index (χ0v) is 13.3. The topological polar surface area (TPSA) is 85.8 Å². The Kier molecular flexibility index (Phi) is 5.33. The maximum absolute atomic E-state index is 12.1. The van der Waals surface area contributed by atoms with Gasteiger partial charge in [0.05, 0.1) is 12.1 Å². The standard InChI is InChI=1S/C15H27N5O/c1-10(2)9-12(16)15(21)17-11(3)14-19-18-13-7-5-4-6-8-20(13)14/h10-12H,4-9,16H2,1-3H3,(H,17,21)/t11?,12-/m1/s1. The van der Waals surface area contributed by atoms with Crippen molar-refractivity contribution in [3.63, 3.8) is 0 Å². The van der Waals surface area contributed by atoms with E-state index in [9.17, 15) is 4.79 Å². The Morgan fingerprint density at radius 3 is 2.76 bits per heavy atom. The summed E-state index contributed by atoms with van der Waals surface area (Å²) in [5.74, 6) is 2.18. The summed E-state index contributed by atoms with van der Waals surface area (Å²) in [6, 6.07) is -0.617. The number of hydrogen-bond donors (Lipinski definition) is 2. The summed E-state index contributed by atoms with van der Waals surface area (Å²) in [6.07, 6.45) is 5.20. The fraction of sp³-hybridized carbons (Fsp3) is 0.800. The normalized spacial score (nSPS) is 18.0. The molecule has 3 N–H and O–H groups in total. The molecule has 1 aromatic heterocycles. The highest BCUT2D eigenvalue weighted by Crippen LogP contribution is 2.18. The monoisotopic (exact) mass is 293 g/mol. The SMILES string of the molecule is CC(C)C[C@@H](N)C(=O)NC(C)c1nnc2n1CCCCC2. The molecule has 118 valence electrons. The van der Waals surface area contributed by atoms with Crippen molar-refractivity contribution in [2.45, 2.75) is 71.5 Å². The number of aryl methyl sites for hydroxylation is 1. The van der Waals surface area contributed by atoms with Gasteiger partial charge in [0.1, 0.15) is 5.82 Å². The van der Waals surface area contributed by atoms with Gasteiger partial charge in [-0.3, -0.25) is 4.79 Å². The number of fused-ring (bicyclic) bond motifs is 1. The smallest absolute Gasteiger partial charge is 0.237 e. The number of rotatable bonds is 5. The van der Waals surface area contributed by atoms with Crippen LogP contribution >= 0.6 is 0 Å². The predicted molar refractivity (Wildman–Crippen MR) is 81.6 cm³/mol. The largest absolute Gasteiger partial charge is 0.345 e. The lowest BCUT2D eigenvalue weighted by atomic mass is 10.0. The second-order valence-electron chi connectivity index (χ2n) is 6.40. The van der Waals surface area contributed by atoms with Crippen LogP contribution in [-0.4, -0.2) is 26.7 Å². The molecular formula is C15H27N5O. The molecule has 0 aliphatic carbocycles. The molecule has 1 unspecified atom stereocenters. The van der Waals surface area contributed by atoms with E-state index in [0.717, 1.165) is 37.5 Å². The molecule has 21 heavy (non-hydrogen) atoms. The second kappa shape index (κ2) is 7.02. The van der Waals surface area contributed by atoms with Crippen molar-refractivity contribution in [2.24, 2.45) is 11.7 Å². The first kappa shape index (κ1) is 15.9. The Morgan fingerprint density at radius 1 is 1.29 bits per heavy atom. The van der Waals surface area contributed by atoms with Gasteiger partial charge >= 0.3 is 0 Å². The van der Waals surface area contributed by atoms with E-state index < -0.39 is 6.04 Å². The highest BCUT2D eigenvalue weighted by atomic mass is 16.2. The average molecular weight is 293 g/mol. The van der Waals surface area contributed by atoms with Crippen molar-refractivity contribution < 1.29 is 4.79 Å². The molecule has 1 aliphatic rings. The lowest BCUT2D eigenvalue weighted by Gasteiger charge is -2.19. The Hall–Kier alpha value is -1.43. The number of nitrogens with one attached hydrogen (secondary N) is 1.